The van der Waals surface area contributed by atoms with Gasteiger partial charge in [-0.05, 0) is 104 Å². The molecule has 210 valence electrons. The monoisotopic (exact) mass is 550 g/mol. The summed E-state index contributed by atoms with van der Waals surface area (Å²) in [4.78, 5) is 0. The summed E-state index contributed by atoms with van der Waals surface area (Å²) < 4.78 is 36.8. The number of hydrogen-bond donors (Lipinski definition) is 1. The van der Waals surface area contributed by atoms with Crippen LogP contribution in [0, 0.1) is 34.5 Å². The van der Waals surface area contributed by atoms with E-state index in [2.05, 4.69) is 70.9 Å². The van der Waals surface area contributed by atoms with Gasteiger partial charge in [-0.1, -0.05) is 46.3 Å². The maximum Gasteiger partial charge on any atom is 0.264 e. The van der Waals surface area contributed by atoms with Crippen LogP contribution in [0.2, 0.25) is 18.1 Å². The zero-order chi connectivity index (χ0) is 27.4. The molecule has 6 nitrogen and oxygen atoms in total. The van der Waals surface area contributed by atoms with Gasteiger partial charge in [-0.2, -0.15) is 13.5 Å². The molecule has 2 fully saturated rings. The normalized spacial score (nSPS) is 36.0. The Labute approximate surface area is 226 Å². The Morgan fingerprint density at radius 3 is 2.51 bits per heavy atom. The summed E-state index contributed by atoms with van der Waals surface area (Å²) in [7, 11) is -5.43. The van der Waals surface area contributed by atoms with Crippen LogP contribution in [0.4, 0.5) is 0 Å². The first-order chi connectivity index (χ1) is 17.0. The van der Waals surface area contributed by atoms with Crippen molar-refractivity contribution in [1.29, 1.82) is 0 Å². The van der Waals surface area contributed by atoms with Crippen molar-refractivity contribution in [3.05, 3.63) is 29.1 Å². The fourth-order valence-electron chi connectivity index (χ4n) is 7.77. The molecule has 3 aliphatic carbocycles. The highest BCUT2D eigenvalue weighted by Crippen LogP contribution is 2.63. The van der Waals surface area contributed by atoms with Gasteiger partial charge >= 0.3 is 0 Å². The lowest BCUT2D eigenvalue weighted by molar-refractivity contribution is -0.0685. The number of hydrogen-bond acceptors (Lipinski definition) is 5. The minimum Gasteiger partial charge on any atom is -0.417 e. The summed E-state index contributed by atoms with van der Waals surface area (Å²) in [6.45, 7) is 19.6. The predicted molar refractivity (Wildman–Crippen MR) is 152 cm³/mol. The zero-order valence-electron chi connectivity index (χ0n) is 24.6. The number of aromatic nitrogens is 2. The van der Waals surface area contributed by atoms with Gasteiger partial charge in [0.2, 0.25) is 0 Å². The first-order valence-electron chi connectivity index (χ1n) is 14.2. The molecule has 8 heteroatoms. The molecule has 0 spiro atoms. The Morgan fingerprint density at radius 1 is 1.19 bits per heavy atom. The third-order valence-corrected chi connectivity index (χ3v) is 16.2. The van der Waals surface area contributed by atoms with Gasteiger partial charge in [0.05, 0.1) is 19.1 Å². The van der Waals surface area contributed by atoms with E-state index in [1.165, 1.54) is 17.5 Å². The molecule has 0 aromatic carbocycles. The zero-order valence-corrected chi connectivity index (χ0v) is 26.4. The summed E-state index contributed by atoms with van der Waals surface area (Å²) in [6, 6.07) is 0. The lowest BCUT2D eigenvalue weighted by Gasteiger charge is -2.56. The summed E-state index contributed by atoms with van der Waals surface area (Å²) in [5.41, 5.74) is 4.20. The maximum absolute atomic E-state index is 12.2. The fraction of sp³-hybridized carbons (Fsp3) is 0.828. The largest absolute Gasteiger partial charge is 0.417 e. The van der Waals surface area contributed by atoms with Crippen molar-refractivity contribution >= 4 is 18.4 Å². The minimum absolute atomic E-state index is 0.0230. The van der Waals surface area contributed by atoms with Crippen LogP contribution in [0.5, 0.6) is 0 Å². The van der Waals surface area contributed by atoms with Gasteiger partial charge in [0.15, 0.2) is 8.32 Å². The Balaban J connectivity index is 1.71. The average molecular weight is 551 g/mol. The Bertz CT molecular complexity index is 1120. The van der Waals surface area contributed by atoms with Crippen molar-refractivity contribution in [2.24, 2.45) is 34.5 Å². The molecule has 37 heavy (non-hydrogen) atoms. The van der Waals surface area contributed by atoms with Crippen molar-refractivity contribution in [1.82, 2.24) is 10.2 Å². The molecule has 1 aromatic rings. The second-order valence-corrected chi connectivity index (χ2v) is 20.7. The molecule has 1 N–H and O–H groups in total. The van der Waals surface area contributed by atoms with E-state index in [0.717, 1.165) is 45.1 Å². The van der Waals surface area contributed by atoms with Crippen molar-refractivity contribution in [3.8, 4) is 0 Å². The second kappa shape index (κ2) is 9.90. The molecule has 0 saturated heterocycles. The van der Waals surface area contributed by atoms with E-state index < -0.39 is 18.4 Å². The van der Waals surface area contributed by atoms with E-state index in [4.69, 9.17) is 8.61 Å². The molecule has 0 unspecified atom stereocenters. The third-order valence-electron chi connectivity index (χ3n) is 11.2. The molecule has 0 aliphatic heterocycles. The Kier molecular flexibility index (Phi) is 7.77. The first-order valence-corrected chi connectivity index (χ1v) is 18.9. The number of H-pyrrole nitrogens is 1. The topological polar surface area (TPSA) is 81.3 Å². The Morgan fingerprint density at radius 2 is 1.89 bits per heavy atom. The van der Waals surface area contributed by atoms with Crippen molar-refractivity contribution in [2.75, 3.05) is 19.5 Å². The fourth-order valence-corrected chi connectivity index (χ4v) is 9.23. The molecule has 4 rings (SSSR count). The lowest BCUT2D eigenvalue weighted by atomic mass is 9.49. The Hall–Kier alpha value is -0.963. The van der Waals surface area contributed by atoms with Crippen molar-refractivity contribution in [2.45, 2.75) is 98.2 Å². The predicted octanol–water partition coefficient (Wildman–Crippen LogP) is 6.52. The SMILES string of the molecule is C/C=C1\CC[C@H]2[C@H](COS(C)(=O)=O)[C@@H]([C@@]3(C)Cc4cn[nH]c4C[C@@H]3CO[Si](C)(C)C(C)(C)C)CC[C@]12C. The van der Waals surface area contributed by atoms with E-state index in [1.807, 2.05) is 6.20 Å². The molecular formula is C29H50N2O4SSi. The number of aromatic amines is 1. The van der Waals surface area contributed by atoms with Gasteiger partial charge in [-0.15, -0.1) is 0 Å². The number of nitrogens with one attached hydrogen (secondary N) is 1. The van der Waals surface area contributed by atoms with Crippen LogP contribution in [0.15, 0.2) is 17.8 Å². The third kappa shape index (κ3) is 5.41. The molecular weight excluding hydrogens is 500 g/mol. The van der Waals surface area contributed by atoms with Gasteiger partial charge in [0.25, 0.3) is 10.1 Å². The molecule has 1 heterocycles. The van der Waals surface area contributed by atoms with Crippen molar-refractivity contribution in [3.63, 3.8) is 0 Å². The first kappa shape index (κ1) is 29.0. The van der Waals surface area contributed by atoms with E-state index in [-0.39, 0.29) is 28.4 Å². The standard InChI is InChI=1S/C29H50N2O4SSi/c1-10-21-11-12-24-23(19-34-36(7,32)33)25(13-14-28(21,24)5)29(6)16-20-17-30-31-26(20)15-22(29)18-35-37(8,9)27(2,3)4/h10,17,22-25H,11-16,18-19H2,1-9H3,(H,30,31)/b21-10+/t22-,23+,24+,25+,28-,29+/m1/s1. The van der Waals surface area contributed by atoms with Crippen LogP contribution in [0.1, 0.15) is 78.5 Å². The van der Waals surface area contributed by atoms with Gasteiger partial charge < -0.3 is 4.43 Å². The van der Waals surface area contributed by atoms with Gasteiger partial charge in [-0.3, -0.25) is 9.28 Å². The van der Waals surface area contributed by atoms with Gasteiger partial charge in [-0.25, -0.2) is 0 Å². The number of fused-ring (bicyclic) bond motifs is 2. The second-order valence-electron chi connectivity index (χ2n) is 14.2. The lowest BCUT2D eigenvalue weighted by Crippen LogP contribution is -2.53. The van der Waals surface area contributed by atoms with Crippen molar-refractivity contribution < 1.29 is 17.0 Å². The molecule has 2 saturated carbocycles. The minimum atomic E-state index is -3.51. The van der Waals surface area contributed by atoms with E-state index in [9.17, 15) is 8.42 Å². The number of rotatable bonds is 7. The van der Waals surface area contributed by atoms with E-state index in [1.54, 1.807) is 5.57 Å². The highest BCUT2D eigenvalue weighted by Gasteiger charge is 2.57. The summed E-state index contributed by atoms with van der Waals surface area (Å²) in [5.74, 6) is 1.33. The molecule has 0 radical (unpaired) electrons. The maximum atomic E-state index is 12.2. The molecule has 0 bridgehead atoms. The van der Waals surface area contributed by atoms with Crippen LogP contribution in [0.25, 0.3) is 0 Å². The van der Waals surface area contributed by atoms with Crippen LogP contribution >= 0.6 is 0 Å². The van der Waals surface area contributed by atoms with Crippen LogP contribution in [-0.4, -0.2) is 46.4 Å². The highest BCUT2D eigenvalue weighted by molar-refractivity contribution is 7.85. The van der Waals surface area contributed by atoms with E-state index >= 15 is 0 Å². The molecule has 1 aromatic heterocycles. The molecule has 6 atom stereocenters. The number of nitrogens with zero attached hydrogens (tertiary/aromatic N) is 1. The molecule has 3 aliphatic rings. The summed E-state index contributed by atoms with van der Waals surface area (Å²) in [5, 5.41) is 7.82. The van der Waals surface area contributed by atoms with Gasteiger partial charge in [0.1, 0.15) is 0 Å². The summed E-state index contributed by atoms with van der Waals surface area (Å²) >= 11 is 0. The molecule has 0 amide bonds. The average Bonchev–Trinajstić information content (AvgIpc) is 3.36. The smallest absolute Gasteiger partial charge is 0.264 e. The number of allylic oxidation sites excluding steroid dienone is 2. The highest BCUT2D eigenvalue weighted by atomic mass is 32.2. The summed E-state index contributed by atoms with van der Waals surface area (Å²) in [6.07, 6.45) is 11.8. The van der Waals surface area contributed by atoms with Gasteiger partial charge in [0, 0.05) is 12.3 Å². The van der Waals surface area contributed by atoms with Crippen LogP contribution in [-0.2, 0) is 31.6 Å². The van der Waals surface area contributed by atoms with Crippen LogP contribution in [0.3, 0.4) is 0 Å². The van der Waals surface area contributed by atoms with Crippen LogP contribution < -0.4 is 0 Å². The quantitative estimate of drug-likeness (QED) is 0.237. The van der Waals surface area contributed by atoms with E-state index in [0.29, 0.717) is 17.8 Å².